The molecular formula is C9H17N3O2S. The van der Waals surface area contributed by atoms with Crippen molar-refractivity contribution in [3.8, 4) is 0 Å². The van der Waals surface area contributed by atoms with Gasteiger partial charge in [0.25, 0.3) is 0 Å². The maximum atomic E-state index is 11.4. The van der Waals surface area contributed by atoms with Crippen LogP contribution >= 0.6 is 12.2 Å². The normalized spacial score (nSPS) is 12.1. The smallest absolute Gasteiger partial charge is 0.241 e. The predicted molar refractivity (Wildman–Crippen MR) is 62.2 cm³/mol. The topological polar surface area (TPSA) is 84.2 Å². The summed E-state index contributed by atoms with van der Waals surface area (Å²) in [5, 5.41) is 4.85. The van der Waals surface area contributed by atoms with Crippen molar-refractivity contribution in [3.05, 3.63) is 0 Å². The van der Waals surface area contributed by atoms with Gasteiger partial charge in [-0.15, -0.1) is 0 Å². The average Bonchev–Trinajstić information content (AvgIpc) is 2.15. The average molecular weight is 231 g/mol. The molecule has 0 aromatic heterocycles. The van der Waals surface area contributed by atoms with Gasteiger partial charge in [-0.1, -0.05) is 26.1 Å². The first-order chi connectivity index (χ1) is 6.88. The molecule has 0 aliphatic carbocycles. The summed E-state index contributed by atoms with van der Waals surface area (Å²) in [6.45, 7) is 3.68. The highest BCUT2D eigenvalue weighted by Crippen LogP contribution is 1.98. The van der Waals surface area contributed by atoms with E-state index in [9.17, 15) is 9.59 Å². The Morgan fingerprint density at radius 2 is 1.93 bits per heavy atom. The summed E-state index contributed by atoms with van der Waals surface area (Å²) in [6, 6.07) is -0.604. The quantitative estimate of drug-likeness (QED) is 0.572. The fraction of sp³-hybridized carbons (Fsp3) is 0.667. The first-order valence-corrected chi connectivity index (χ1v) is 5.09. The first-order valence-electron chi connectivity index (χ1n) is 4.68. The molecule has 0 saturated heterocycles. The van der Waals surface area contributed by atoms with Crippen LogP contribution in [0.25, 0.3) is 0 Å². The van der Waals surface area contributed by atoms with Gasteiger partial charge < -0.3 is 16.4 Å². The maximum Gasteiger partial charge on any atom is 0.241 e. The Morgan fingerprint density at radius 1 is 1.40 bits per heavy atom. The van der Waals surface area contributed by atoms with Crippen molar-refractivity contribution in [3.63, 3.8) is 0 Å². The van der Waals surface area contributed by atoms with Crippen LogP contribution in [-0.4, -0.2) is 29.9 Å². The molecule has 4 N–H and O–H groups in total. The Kier molecular flexibility index (Phi) is 6.03. The second-order valence-electron chi connectivity index (χ2n) is 3.53. The van der Waals surface area contributed by atoms with Gasteiger partial charge in [-0.05, 0) is 5.92 Å². The van der Waals surface area contributed by atoms with E-state index in [0.717, 1.165) is 0 Å². The predicted octanol–water partition coefficient (Wildman–Crippen LogP) is -0.451. The number of carbonyl (C=O) groups excluding carboxylic acids is 2. The summed E-state index contributed by atoms with van der Waals surface area (Å²) in [6.07, 6.45) is 0.00237. The lowest BCUT2D eigenvalue weighted by atomic mass is 10.1. The van der Waals surface area contributed by atoms with Crippen LogP contribution in [0.15, 0.2) is 0 Å². The Hall–Kier alpha value is -1.01. The van der Waals surface area contributed by atoms with Crippen LogP contribution in [0.5, 0.6) is 0 Å². The van der Waals surface area contributed by atoms with Gasteiger partial charge in [0.2, 0.25) is 11.8 Å². The van der Waals surface area contributed by atoms with Crippen LogP contribution in [0.4, 0.5) is 0 Å². The van der Waals surface area contributed by atoms with Crippen molar-refractivity contribution in [1.29, 1.82) is 0 Å². The van der Waals surface area contributed by atoms with E-state index >= 15 is 0 Å². The van der Waals surface area contributed by atoms with Gasteiger partial charge in [-0.3, -0.25) is 9.59 Å². The molecule has 1 atom stereocenters. The highest BCUT2D eigenvalue weighted by Gasteiger charge is 2.18. The molecule has 2 amide bonds. The van der Waals surface area contributed by atoms with Crippen LogP contribution in [0.2, 0.25) is 0 Å². The minimum absolute atomic E-state index is 0.00237. The van der Waals surface area contributed by atoms with Crippen LogP contribution in [-0.2, 0) is 9.59 Å². The lowest BCUT2D eigenvalue weighted by molar-refractivity contribution is -0.121. The molecule has 0 aliphatic heterocycles. The van der Waals surface area contributed by atoms with Crippen LogP contribution < -0.4 is 16.4 Å². The molecule has 6 heteroatoms. The summed E-state index contributed by atoms with van der Waals surface area (Å²) in [5.41, 5.74) is 5.60. The number of hydrogen-bond donors (Lipinski definition) is 3. The summed E-state index contributed by atoms with van der Waals surface area (Å²) in [5.74, 6) is -0.551. The molecule has 0 aliphatic rings. The van der Waals surface area contributed by atoms with Crippen molar-refractivity contribution in [2.24, 2.45) is 11.7 Å². The Bertz CT molecular complexity index is 266. The molecule has 0 saturated carbocycles. The summed E-state index contributed by atoms with van der Waals surface area (Å²) in [4.78, 5) is 22.5. The fourth-order valence-electron chi connectivity index (χ4n) is 0.802. The molecule has 0 radical (unpaired) electrons. The number of rotatable bonds is 4. The minimum atomic E-state index is -0.604. The number of thiocarbonyl (C=S) groups is 1. The third-order valence-corrected chi connectivity index (χ3v) is 2.13. The van der Waals surface area contributed by atoms with Crippen molar-refractivity contribution in [2.45, 2.75) is 26.3 Å². The Morgan fingerprint density at radius 3 is 2.33 bits per heavy atom. The number of amides is 2. The molecule has 0 bridgehead atoms. The second-order valence-corrected chi connectivity index (χ2v) is 4.02. The fourth-order valence-corrected chi connectivity index (χ4v) is 1.03. The molecule has 0 fully saturated rings. The van der Waals surface area contributed by atoms with Crippen LogP contribution in [0, 0.1) is 5.92 Å². The van der Waals surface area contributed by atoms with E-state index in [-0.39, 0.29) is 29.1 Å². The first kappa shape index (κ1) is 14.0. The molecule has 5 nitrogen and oxygen atoms in total. The maximum absolute atomic E-state index is 11.4. The van der Waals surface area contributed by atoms with Gasteiger partial charge in [-0.2, -0.15) is 0 Å². The molecule has 0 rings (SSSR count). The summed E-state index contributed by atoms with van der Waals surface area (Å²) in [7, 11) is 1.51. The van der Waals surface area contributed by atoms with E-state index in [1.165, 1.54) is 7.05 Å². The van der Waals surface area contributed by atoms with Crippen molar-refractivity contribution in [2.75, 3.05) is 7.05 Å². The zero-order chi connectivity index (χ0) is 12.0. The lowest BCUT2D eigenvalue weighted by Gasteiger charge is -2.15. The standard InChI is InChI=1S/C9H17N3O2S/c1-5(2)8(10)9(14)12-7(15)4-6(13)11-3/h5,8H,4,10H2,1-3H3,(H,11,13)(H,12,14,15)/t8-/m0/s1. The molecule has 86 valence electrons. The third-order valence-electron chi connectivity index (χ3n) is 1.88. The monoisotopic (exact) mass is 231 g/mol. The van der Waals surface area contributed by atoms with Crippen molar-refractivity contribution in [1.82, 2.24) is 10.6 Å². The zero-order valence-electron chi connectivity index (χ0n) is 9.16. The number of hydrogen-bond acceptors (Lipinski definition) is 4. The van der Waals surface area contributed by atoms with Gasteiger partial charge in [0, 0.05) is 7.05 Å². The van der Waals surface area contributed by atoms with Gasteiger partial charge in [0.15, 0.2) is 0 Å². The highest BCUT2D eigenvalue weighted by atomic mass is 32.1. The van der Waals surface area contributed by atoms with Gasteiger partial charge in [0.1, 0.15) is 0 Å². The molecule has 0 aromatic rings. The molecule has 15 heavy (non-hydrogen) atoms. The Labute approximate surface area is 94.8 Å². The van der Waals surface area contributed by atoms with E-state index in [4.69, 9.17) is 18.0 Å². The van der Waals surface area contributed by atoms with E-state index in [2.05, 4.69) is 10.6 Å². The van der Waals surface area contributed by atoms with Gasteiger partial charge in [0.05, 0.1) is 17.5 Å². The molecular weight excluding hydrogens is 214 g/mol. The van der Waals surface area contributed by atoms with E-state index in [0.29, 0.717) is 0 Å². The van der Waals surface area contributed by atoms with Gasteiger partial charge >= 0.3 is 0 Å². The molecule has 0 aromatic carbocycles. The van der Waals surface area contributed by atoms with Crippen LogP contribution in [0.3, 0.4) is 0 Å². The van der Waals surface area contributed by atoms with Gasteiger partial charge in [-0.25, -0.2) is 0 Å². The van der Waals surface area contributed by atoms with E-state index < -0.39 is 6.04 Å². The SMILES string of the molecule is CNC(=O)CC(=S)NC(=O)[C@@H](N)C(C)C. The molecule has 0 unspecified atom stereocenters. The minimum Gasteiger partial charge on any atom is -0.359 e. The summed E-state index contributed by atoms with van der Waals surface area (Å²) < 4.78 is 0. The third kappa shape index (κ3) is 5.44. The summed E-state index contributed by atoms with van der Waals surface area (Å²) >= 11 is 4.83. The van der Waals surface area contributed by atoms with E-state index in [1.54, 1.807) is 0 Å². The number of nitrogens with one attached hydrogen (secondary N) is 2. The molecule has 0 heterocycles. The van der Waals surface area contributed by atoms with Crippen molar-refractivity contribution < 1.29 is 9.59 Å². The number of nitrogens with two attached hydrogens (primary N) is 1. The largest absolute Gasteiger partial charge is 0.359 e. The van der Waals surface area contributed by atoms with E-state index in [1.807, 2.05) is 13.8 Å². The Balaban J connectivity index is 4.08. The molecule has 0 spiro atoms. The van der Waals surface area contributed by atoms with Crippen molar-refractivity contribution >= 4 is 29.0 Å². The highest BCUT2D eigenvalue weighted by molar-refractivity contribution is 7.80. The lowest BCUT2D eigenvalue weighted by Crippen LogP contribution is -2.46. The van der Waals surface area contributed by atoms with Crippen LogP contribution in [0.1, 0.15) is 20.3 Å². The number of carbonyl (C=O) groups is 2. The zero-order valence-corrected chi connectivity index (χ0v) is 9.98. The second kappa shape index (κ2) is 6.47.